The second-order valence-electron chi connectivity index (χ2n) is 6.25. The molecule has 1 aromatic rings. The van der Waals surface area contributed by atoms with Gasteiger partial charge in [-0.25, -0.2) is 9.59 Å². The fourth-order valence-corrected chi connectivity index (χ4v) is 2.70. The van der Waals surface area contributed by atoms with E-state index in [2.05, 4.69) is 4.74 Å². The van der Waals surface area contributed by atoms with E-state index in [-0.39, 0.29) is 42.1 Å². The van der Waals surface area contributed by atoms with Crippen molar-refractivity contribution in [3.63, 3.8) is 0 Å². The predicted octanol–water partition coefficient (Wildman–Crippen LogP) is 2.64. The highest BCUT2D eigenvalue weighted by Crippen LogP contribution is 2.39. The summed E-state index contributed by atoms with van der Waals surface area (Å²) in [5.41, 5.74) is -1.36. The lowest BCUT2D eigenvalue weighted by Crippen LogP contribution is -2.38. The van der Waals surface area contributed by atoms with Gasteiger partial charge in [-0.1, -0.05) is 0 Å². The molecule has 10 heteroatoms. The first-order valence-electron chi connectivity index (χ1n) is 8.38. The summed E-state index contributed by atoms with van der Waals surface area (Å²) in [4.78, 5) is 25.5. The Hall–Kier alpha value is -2.75. The van der Waals surface area contributed by atoms with E-state index in [1.807, 2.05) is 0 Å². The van der Waals surface area contributed by atoms with Crippen LogP contribution in [-0.2, 0) is 30.0 Å². The minimum absolute atomic E-state index is 0.0155. The van der Waals surface area contributed by atoms with E-state index in [9.17, 15) is 22.8 Å². The molecular weight excluding hydrogens is 383 g/mol. The summed E-state index contributed by atoms with van der Waals surface area (Å²) < 4.78 is 60.3. The topological polar surface area (TPSA) is 74.3 Å². The SMILES string of the molecule is COC(=O)C1=C(C(=O)OC)N(c2cc(OC3CC3)cc(C(F)(F)F)c2)COC1. The summed E-state index contributed by atoms with van der Waals surface area (Å²) >= 11 is 0. The summed E-state index contributed by atoms with van der Waals surface area (Å²) in [5.74, 6) is -1.72. The number of ether oxygens (including phenoxy) is 4. The van der Waals surface area contributed by atoms with Crippen LogP contribution in [0.1, 0.15) is 18.4 Å². The third-order valence-corrected chi connectivity index (χ3v) is 4.19. The number of alkyl halides is 3. The summed E-state index contributed by atoms with van der Waals surface area (Å²) in [6.07, 6.45) is -3.24. The highest BCUT2D eigenvalue weighted by molar-refractivity contribution is 6.03. The van der Waals surface area contributed by atoms with Crippen molar-refractivity contribution >= 4 is 17.6 Å². The molecule has 1 saturated carbocycles. The number of rotatable bonds is 5. The first-order chi connectivity index (χ1) is 13.2. The largest absolute Gasteiger partial charge is 0.490 e. The van der Waals surface area contributed by atoms with Crippen LogP contribution in [0.3, 0.4) is 0 Å². The smallest absolute Gasteiger partial charge is 0.416 e. The minimum Gasteiger partial charge on any atom is -0.490 e. The zero-order valence-electron chi connectivity index (χ0n) is 15.2. The summed E-state index contributed by atoms with van der Waals surface area (Å²) in [6.45, 7) is -0.493. The Balaban J connectivity index is 2.10. The Morgan fingerprint density at radius 1 is 1.11 bits per heavy atom. The van der Waals surface area contributed by atoms with Gasteiger partial charge in [0.1, 0.15) is 18.2 Å². The Kier molecular flexibility index (Phi) is 5.50. The van der Waals surface area contributed by atoms with Gasteiger partial charge in [0.15, 0.2) is 0 Å². The standard InChI is InChI=1S/C18H18F3NO6/c1-25-16(23)14-8-27-9-22(15(14)17(24)26-2)11-5-10(18(19,20)21)6-13(7-11)28-12-3-4-12/h5-7,12H,3-4,8-9H2,1-2H3. The van der Waals surface area contributed by atoms with Crippen molar-refractivity contribution in [3.8, 4) is 5.75 Å². The van der Waals surface area contributed by atoms with Crippen LogP contribution in [0.25, 0.3) is 0 Å². The maximum atomic E-state index is 13.4. The highest BCUT2D eigenvalue weighted by atomic mass is 19.4. The van der Waals surface area contributed by atoms with Crippen LogP contribution < -0.4 is 9.64 Å². The Labute approximate surface area is 158 Å². The monoisotopic (exact) mass is 401 g/mol. The number of nitrogens with zero attached hydrogens (tertiary/aromatic N) is 1. The molecule has 28 heavy (non-hydrogen) atoms. The first-order valence-corrected chi connectivity index (χ1v) is 8.38. The van der Waals surface area contributed by atoms with Gasteiger partial charge in [0.25, 0.3) is 0 Å². The maximum absolute atomic E-state index is 13.4. The predicted molar refractivity (Wildman–Crippen MR) is 89.5 cm³/mol. The first kappa shape index (κ1) is 20.0. The molecule has 0 bridgehead atoms. The highest BCUT2D eigenvalue weighted by Gasteiger charge is 2.36. The lowest BCUT2D eigenvalue weighted by molar-refractivity contribution is -0.140. The quantitative estimate of drug-likeness (QED) is 0.703. The lowest BCUT2D eigenvalue weighted by Gasteiger charge is -2.32. The molecule has 0 N–H and O–H groups in total. The van der Waals surface area contributed by atoms with Crippen molar-refractivity contribution in [1.29, 1.82) is 0 Å². The number of hydrogen-bond donors (Lipinski definition) is 0. The number of carbonyl (C=O) groups excluding carboxylic acids is 2. The van der Waals surface area contributed by atoms with E-state index in [1.54, 1.807) is 0 Å². The molecule has 0 aromatic heterocycles. The van der Waals surface area contributed by atoms with Gasteiger partial charge in [-0.05, 0) is 25.0 Å². The Bertz CT molecular complexity index is 816. The average molecular weight is 401 g/mol. The van der Waals surface area contributed by atoms with Gasteiger partial charge in [-0.2, -0.15) is 13.2 Å². The summed E-state index contributed by atoms with van der Waals surface area (Å²) in [5, 5.41) is 0. The van der Waals surface area contributed by atoms with Crippen LogP contribution in [-0.4, -0.2) is 45.6 Å². The molecule has 1 aliphatic heterocycles. The van der Waals surface area contributed by atoms with Gasteiger partial charge in [-0.3, -0.25) is 0 Å². The molecule has 152 valence electrons. The fourth-order valence-electron chi connectivity index (χ4n) is 2.70. The average Bonchev–Trinajstić information content (AvgIpc) is 3.49. The second-order valence-corrected chi connectivity index (χ2v) is 6.25. The zero-order valence-corrected chi connectivity index (χ0v) is 15.2. The van der Waals surface area contributed by atoms with Crippen molar-refractivity contribution in [2.75, 3.05) is 32.5 Å². The van der Waals surface area contributed by atoms with E-state index in [0.717, 1.165) is 44.1 Å². The molecule has 0 saturated heterocycles. The van der Waals surface area contributed by atoms with Gasteiger partial charge in [0.05, 0.1) is 38.1 Å². The molecule has 0 spiro atoms. The third-order valence-electron chi connectivity index (χ3n) is 4.19. The van der Waals surface area contributed by atoms with Gasteiger partial charge in [0.2, 0.25) is 0 Å². The molecular formula is C18H18F3NO6. The number of halogens is 3. The Morgan fingerprint density at radius 3 is 2.36 bits per heavy atom. The maximum Gasteiger partial charge on any atom is 0.416 e. The second kappa shape index (κ2) is 7.70. The molecule has 1 aromatic carbocycles. The van der Waals surface area contributed by atoms with E-state index < -0.39 is 23.7 Å². The molecule has 3 rings (SSSR count). The van der Waals surface area contributed by atoms with Crippen molar-refractivity contribution in [2.24, 2.45) is 0 Å². The van der Waals surface area contributed by atoms with Gasteiger partial charge in [-0.15, -0.1) is 0 Å². The zero-order chi connectivity index (χ0) is 20.5. The summed E-state index contributed by atoms with van der Waals surface area (Å²) in [6, 6.07) is 3.11. The Morgan fingerprint density at radius 2 is 1.79 bits per heavy atom. The number of hydrogen-bond acceptors (Lipinski definition) is 7. The van der Waals surface area contributed by atoms with Crippen LogP contribution in [0.2, 0.25) is 0 Å². The van der Waals surface area contributed by atoms with Gasteiger partial charge < -0.3 is 23.8 Å². The number of benzene rings is 1. The van der Waals surface area contributed by atoms with Crippen molar-refractivity contribution in [3.05, 3.63) is 35.0 Å². The molecule has 0 unspecified atom stereocenters. The van der Waals surface area contributed by atoms with Crippen molar-refractivity contribution in [1.82, 2.24) is 0 Å². The van der Waals surface area contributed by atoms with E-state index in [4.69, 9.17) is 14.2 Å². The number of esters is 2. The minimum atomic E-state index is -4.63. The third kappa shape index (κ3) is 4.22. The molecule has 1 aliphatic carbocycles. The molecule has 1 heterocycles. The molecule has 0 amide bonds. The van der Waals surface area contributed by atoms with E-state index in [1.165, 1.54) is 6.07 Å². The van der Waals surface area contributed by atoms with E-state index in [0.29, 0.717) is 0 Å². The van der Waals surface area contributed by atoms with E-state index >= 15 is 0 Å². The molecule has 7 nitrogen and oxygen atoms in total. The van der Waals surface area contributed by atoms with Crippen LogP contribution in [0.4, 0.5) is 18.9 Å². The van der Waals surface area contributed by atoms with Gasteiger partial charge in [0, 0.05) is 11.8 Å². The molecule has 2 aliphatic rings. The number of carbonyl (C=O) groups is 2. The van der Waals surface area contributed by atoms with Gasteiger partial charge >= 0.3 is 18.1 Å². The van der Waals surface area contributed by atoms with Crippen molar-refractivity contribution < 1.29 is 41.7 Å². The lowest BCUT2D eigenvalue weighted by atomic mass is 10.1. The summed E-state index contributed by atoms with van der Waals surface area (Å²) in [7, 11) is 2.22. The van der Waals surface area contributed by atoms with Crippen molar-refractivity contribution in [2.45, 2.75) is 25.1 Å². The number of anilines is 1. The molecule has 0 radical (unpaired) electrons. The van der Waals surface area contributed by atoms with Crippen LogP contribution >= 0.6 is 0 Å². The van der Waals surface area contributed by atoms with Crippen LogP contribution in [0.15, 0.2) is 29.5 Å². The molecule has 1 fully saturated rings. The fraction of sp³-hybridized carbons (Fsp3) is 0.444. The van der Waals surface area contributed by atoms with Crippen LogP contribution in [0.5, 0.6) is 5.75 Å². The van der Waals surface area contributed by atoms with Crippen LogP contribution in [0, 0.1) is 0 Å². The molecule has 0 atom stereocenters. The number of methoxy groups -OCH3 is 2. The normalized spacial score (nSPS) is 17.4.